The molecule has 2 N–H and O–H groups in total. The van der Waals surface area contributed by atoms with Crippen LogP contribution >= 0.6 is 0 Å². The zero-order chi connectivity index (χ0) is 22.6. The molecule has 1 aliphatic heterocycles. The zero-order valence-corrected chi connectivity index (χ0v) is 18.7. The van der Waals surface area contributed by atoms with Crippen molar-refractivity contribution < 1.29 is 4.74 Å². The molecule has 0 amide bonds. The number of fused-ring (bicyclic) bond motifs is 1. The first kappa shape index (κ1) is 20.7. The molecular weight excluding hydrogens is 390 g/mol. The highest BCUT2D eigenvalue weighted by molar-refractivity contribution is 5.57. The molecule has 0 saturated heterocycles. The first-order valence-electron chi connectivity index (χ1n) is 10.2. The third kappa shape index (κ3) is 3.46. The molecule has 4 rings (SSSR count). The summed E-state index contributed by atoms with van der Waals surface area (Å²) < 4.78 is 9.58. The molecule has 0 aliphatic carbocycles. The summed E-state index contributed by atoms with van der Waals surface area (Å²) in [5.41, 5.74) is 9.65. The van der Waals surface area contributed by atoms with Crippen molar-refractivity contribution >= 4 is 0 Å². The van der Waals surface area contributed by atoms with Crippen LogP contribution in [0.5, 0.6) is 5.88 Å². The molecule has 160 valence electrons. The maximum absolute atomic E-state index is 9.97. The Kier molecular flexibility index (Phi) is 4.65. The summed E-state index contributed by atoms with van der Waals surface area (Å²) in [6, 6.07) is 10.2. The molecule has 1 aromatic carbocycles. The SMILES string of the molecule is CC(C)(C)c1nn(C(C)(C)C)c2c1C(c1ccc(-n3cncn3)cc1)C(C#N)=C(N)O2. The fourth-order valence-electron chi connectivity index (χ4n) is 3.84. The Morgan fingerprint density at radius 3 is 2.29 bits per heavy atom. The second-order valence-electron chi connectivity index (χ2n) is 9.76. The molecule has 0 radical (unpaired) electrons. The molecule has 31 heavy (non-hydrogen) atoms. The van der Waals surface area contributed by atoms with Gasteiger partial charge in [-0.05, 0) is 38.5 Å². The number of benzene rings is 1. The van der Waals surface area contributed by atoms with E-state index < -0.39 is 0 Å². The number of hydrogen-bond acceptors (Lipinski definition) is 6. The number of nitriles is 1. The van der Waals surface area contributed by atoms with Gasteiger partial charge in [-0.3, -0.25) is 0 Å². The predicted molar refractivity (Wildman–Crippen MR) is 117 cm³/mol. The van der Waals surface area contributed by atoms with E-state index >= 15 is 0 Å². The largest absolute Gasteiger partial charge is 0.422 e. The number of hydrogen-bond donors (Lipinski definition) is 1. The van der Waals surface area contributed by atoms with Gasteiger partial charge in [0.05, 0.1) is 28.4 Å². The van der Waals surface area contributed by atoms with Crippen LogP contribution in [0.2, 0.25) is 0 Å². The van der Waals surface area contributed by atoms with Gasteiger partial charge in [-0.1, -0.05) is 32.9 Å². The molecule has 1 atom stereocenters. The number of nitrogens with two attached hydrogens (primary N) is 1. The highest BCUT2D eigenvalue weighted by Gasteiger charge is 2.41. The van der Waals surface area contributed by atoms with Gasteiger partial charge in [0, 0.05) is 5.41 Å². The van der Waals surface area contributed by atoms with Crippen molar-refractivity contribution in [2.75, 3.05) is 0 Å². The monoisotopic (exact) mass is 417 g/mol. The molecule has 0 spiro atoms. The minimum Gasteiger partial charge on any atom is -0.422 e. The summed E-state index contributed by atoms with van der Waals surface area (Å²) in [5.74, 6) is 0.342. The van der Waals surface area contributed by atoms with Crippen molar-refractivity contribution in [3.05, 3.63) is 65.2 Å². The van der Waals surface area contributed by atoms with Crippen LogP contribution in [0.4, 0.5) is 0 Å². The Labute approximate surface area is 182 Å². The van der Waals surface area contributed by atoms with Crippen LogP contribution in [-0.4, -0.2) is 24.5 Å². The number of allylic oxidation sites excluding steroid dienone is 1. The molecule has 0 fully saturated rings. The van der Waals surface area contributed by atoms with Crippen LogP contribution in [0.3, 0.4) is 0 Å². The highest BCUT2D eigenvalue weighted by Crippen LogP contribution is 2.48. The zero-order valence-electron chi connectivity index (χ0n) is 18.7. The van der Waals surface area contributed by atoms with Gasteiger partial charge in [0.15, 0.2) is 0 Å². The number of nitrogens with zero attached hydrogens (tertiary/aromatic N) is 6. The van der Waals surface area contributed by atoms with Crippen molar-refractivity contribution in [1.82, 2.24) is 24.5 Å². The summed E-state index contributed by atoms with van der Waals surface area (Å²) in [4.78, 5) is 4.00. The van der Waals surface area contributed by atoms with Crippen LogP contribution in [0, 0.1) is 11.3 Å². The van der Waals surface area contributed by atoms with Crippen molar-refractivity contribution in [2.24, 2.45) is 5.73 Å². The number of rotatable bonds is 2. The van der Waals surface area contributed by atoms with Crippen LogP contribution in [0.15, 0.2) is 48.4 Å². The molecule has 8 nitrogen and oxygen atoms in total. The summed E-state index contributed by atoms with van der Waals surface area (Å²) in [7, 11) is 0. The Balaban J connectivity index is 1.95. The van der Waals surface area contributed by atoms with Crippen molar-refractivity contribution in [3.8, 4) is 17.6 Å². The minimum atomic E-state index is -0.371. The van der Waals surface area contributed by atoms with Crippen LogP contribution in [0.1, 0.15) is 64.3 Å². The second-order valence-corrected chi connectivity index (χ2v) is 9.76. The van der Waals surface area contributed by atoms with E-state index in [1.165, 1.54) is 6.33 Å². The van der Waals surface area contributed by atoms with Crippen LogP contribution in [-0.2, 0) is 11.0 Å². The highest BCUT2D eigenvalue weighted by atomic mass is 16.5. The lowest BCUT2D eigenvalue weighted by Crippen LogP contribution is -2.27. The van der Waals surface area contributed by atoms with Gasteiger partial charge in [-0.2, -0.15) is 15.5 Å². The lowest BCUT2D eigenvalue weighted by molar-refractivity contribution is 0.276. The van der Waals surface area contributed by atoms with E-state index in [4.69, 9.17) is 15.6 Å². The Morgan fingerprint density at radius 1 is 1.10 bits per heavy atom. The number of ether oxygens (including phenoxy) is 1. The van der Waals surface area contributed by atoms with Gasteiger partial charge in [-0.15, -0.1) is 0 Å². The van der Waals surface area contributed by atoms with Gasteiger partial charge >= 0.3 is 0 Å². The quantitative estimate of drug-likeness (QED) is 0.681. The predicted octanol–water partition coefficient (Wildman–Crippen LogP) is 3.73. The lowest BCUT2D eigenvalue weighted by atomic mass is 9.79. The Bertz CT molecular complexity index is 1180. The van der Waals surface area contributed by atoms with E-state index in [1.807, 2.05) is 28.9 Å². The average Bonchev–Trinajstić information content (AvgIpc) is 3.34. The third-order valence-corrected chi connectivity index (χ3v) is 5.30. The molecule has 3 aromatic rings. The molecule has 0 bridgehead atoms. The maximum Gasteiger partial charge on any atom is 0.224 e. The first-order valence-corrected chi connectivity index (χ1v) is 10.2. The van der Waals surface area contributed by atoms with Gasteiger partial charge in [0.1, 0.15) is 24.3 Å². The van der Waals surface area contributed by atoms with Gasteiger partial charge < -0.3 is 10.5 Å². The Hall–Kier alpha value is -3.60. The maximum atomic E-state index is 9.97. The molecule has 8 heteroatoms. The van der Waals surface area contributed by atoms with E-state index in [-0.39, 0.29) is 22.8 Å². The molecular formula is C23H27N7O. The minimum absolute atomic E-state index is 0.117. The molecule has 3 heterocycles. The fourth-order valence-corrected chi connectivity index (χ4v) is 3.84. The molecule has 1 unspecified atom stereocenters. The van der Waals surface area contributed by atoms with E-state index in [0.717, 1.165) is 22.5 Å². The van der Waals surface area contributed by atoms with Gasteiger partial charge in [-0.25, -0.2) is 14.3 Å². The first-order chi connectivity index (χ1) is 14.5. The lowest BCUT2D eigenvalue weighted by Gasteiger charge is -2.29. The normalized spacial score (nSPS) is 16.6. The molecule has 0 saturated carbocycles. The van der Waals surface area contributed by atoms with E-state index in [9.17, 15) is 5.26 Å². The fraction of sp³-hybridized carbons (Fsp3) is 0.391. The van der Waals surface area contributed by atoms with Crippen molar-refractivity contribution in [3.63, 3.8) is 0 Å². The second kappa shape index (κ2) is 6.98. The van der Waals surface area contributed by atoms with Crippen molar-refractivity contribution in [2.45, 2.75) is 58.4 Å². The topological polar surface area (TPSA) is 108 Å². The summed E-state index contributed by atoms with van der Waals surface area (Å²) in [6.45, 7) is 12.5. The summed E-state index contributed by atoms with van der Waals surface area (Å²) in [6.07, 6.45) is 3.14. The van der Waals surface area contributed by atoms with Crippen LogP contribution < -0.4 is 10.5 Å². The molecule has 1 aliphatic rings. The van der Waals surface area contributed by atoms with E-state index in [0.29, 0.717) is 11.5 Å². The summed E-state index contributed by atoms with van der Waals surface area (Å²) in [5, 5.41) is 19.1. The van der Waals surface area contributed by atoms with E-state index in [2.05, 4.69) is 57.7 Å². The van der Waals surface area contributed by atoms with Gasteiger partial charge in [0.25, 0.3) is 0 Å². The third-order valence-electron chi connectivity index (χ3n) is 5.30. The van der Waals surface area contributed by atoms with Crippen molar-refractivity contribution in [1.29, 1.82) is 5.26 Å². The van der Waals surface area contributed by atoms with Crippen LogP contribution in [0.25, 0.3) is 5.69 Å². The Morgan fingerprint density at radius 2 is 1.77 bits per heavy atom. The number of aromatic nitrogens is 5. The summed E-state index contributed by atoms with van der Waals surface area (Å²) >= 11 is 0. The van der Waals surface area contributed by atoms with E-state index in [1.54, 1.807) is 11.0 Å². The molecule has 2 aromatic heterocycles. The average molecular weight is 418 g/mol. The standard InChI is InChI=1S/C23H27N7O/c1-22(2,3)19-18-17(14-7-9-15(10-8-14)29-13-26-12-27-29)16(11-24)20(25)31-21(18)30(28-19)23(4,5)6/h7-10,12-13,17H,25H2,1-6H3. The van der Waals surface area contributed by atoms with Gasteiger partial charge in [0.2, 0.25) is 11.8 Å². The smallest absolute Gasteiger partial charge is 0.224 e.